The zero-order chi connectivity index (χ0) is 18.5. The summed E-state index contributed by atoms with van der Waals surface area (Å²) in [6.45, 7) is -0.214. The Morgan fingerprint density at radius 2 is 2.15 bits per heavy atom. The first-order chi connectivity index (χ1) is 12.5. The molecule has 0 saturated heterocycles. The molecular formula is C19H15ClN2O4. The highest BCUT2D eigenvalue weighted by Crippen LogP contribution is 2.30. The van der Waals surface area contributed by atoms with E-state index in [0.717, 1.165) is 5.56 Å². The van der Waals surface area contributed by atoms with Crippen LogP contribution < -0.4 is 10.1 Å². The fraction of sp³-hybridized carbons (Fsp3) is 0.211. The van der Waals surface area contributed by atoms with Gasteiger partial charge in [-0.1, -0.05) is 17.7 Å². The highest BCUT2D eigenvalue weighted by Gasteiger charge is 2.28. The lowest BCUT2D eigenvalue weighted by atomic mass is 9.97. The first-order valence-corrected chi connectivity index (χ1v) is 8.31. The molecule has 2 aromatic rings. The largest absolute Gasteiger partial charge is 0.492 e. The zero-order valence-corrected chi connectivity index (χ0v) is 14.5. The number of ether oxygens (including phenoxy) is 2. The summed E-state index contributed by atoms with van der Waals surface area (Å²) < 4.78 is 10.6. The SMILES string of the molecule is N#Cc1cccc(NC(=O)COC(=O)[C@@H]2COc3ccc(Cl)cc3C2)c1. The molecular weight excluding hydrogens is 356 g/mol. The Balaban J connectivity index is 1.52. The van der Waals surface area contributed by atoms with E-state index in [1.165, 1.54) is 6.07 Å². The number of benzene rings is 2. The van der Waals surface area contributed by atoms with E-state index in [-0.39, 0.29) is 6.61 Å². The number of fused-ring (bicyclic) bond motifs is 1. The minimum atomic E-state index is -0.503. The molecule has 1 heterocycles. The van der Waals surface area contributed by atoms with Crippen LogP contribution in [0, 0.1) is 17.2 Å². The molecule has 3 rings (SSSR count). The quantitative estimate of drug-likeness (QED) is 0.836. The van der Waals surface area contributed by atoms with E-state index >= 15 is 0 Å². The van der Waals surface area contributed by atoms with E-state index < -0.39 is 24.4 Å². The van der Waals surface area contributed by atoms with E-state index in [0.29, 0.717) is 28.4 Å². The lowest BCUT2D eigenvalue weighted by Gasteiger charge is -2.24. The number of esters is 1. The molecule has 1 aliphatic rings. The maximum Gasteiger partial charge on any atom is 0.313 e. The van der Waals surface area contributed by atoms with Gasteiger partial charge in [0.05, 0.1) is 17.6 Å². The van der Waals surface area contributed by atoms with Crippen molar-refractivity contribution >= 4 is 29.2 Å². The molecule has 2 aromatic carbocycles. The fourth-order valence-corrected chi connectivity index (χ4v) is 2.83. The molecule has 26 heavy (non-hydrogen) atoms. The third-order valence-corrected chi connectivity index (χ3v) is 4.12. The van der Waals surface area contributed by atoms with Gasteiger partial charge >= 0.3 is 5.97 Å². The van der Waals surface area contributed by atoms with Crippen LogP contribution in [0.4, 0.5) is 5.69 Å². The number of carbonyl (C=O) groups is 2. The number of nitriles is 1. The number of nitrogens with one attached hydrogen (secondary N) is 1. The first kappa shape index (κ1) is 17.8. The Morgan fingerprint density at radius 1 is 1.31 bits per heavy atom. The number of nitrogens with zero attached hydrogens (tertiary/aromatic N) is 1. The van der Waals surface area contributed by atoms with Crippen LogP contribution in [0.5, 0.6) is 5.75 Å². The Hall–Kier alpha value is -3.04. The molecule has 0 unspecified atom stereocenters. The van der Waals surface area contributed by atoms with E-state index in [1.54, 1.807) is 36.4 Å². The predicted molar refractivity (Wildman–Crippen MR) is 94.9 cm³/mol. The van der Waals surface area contributed by atoms with Gasteiger partial charge < -0.3 is 14.8 Å². The highest BCUT2D eigenvalue weighted by molar-refractivity contribution is 6.30. The van der Waals surface area contributed by atoms with Gasteiger partial charge in [0.15, 0.2) is 6.61 Å². The van der Waals surface area contributed by atoms with Crippen LogP contribution in [-0.2, 0) is 20.7 Å². The summed E-state index contributed by atoms with van der Waals surface area (Å²) in [6.07, 6.45) is 0.445. The van der Waals surface area contributed by atoms with E-state index in [2.05, 4.69) is 5.32 Å². The molecule has 1 N–H and O–H groups in total. The number of carbonyl (C=O) groups excluding carboxylic acids is 2. The summed E-state index contributed by atoms with van der Waals surface area (Å²) >= 11 is 5.96. The molecule has 132 valence electrons. The molecule has 7 heteroatoms. The normalized spacial score (nSPS) is 15.2. The second-order valence-electron chi connectivity index (χ2n) is 5.81. The summed E-state index contributed by atoms with van der Waals surface area (Å²) in [5.74, 6) is -0.769. The van der Waals surface area contributed by atoms with Crippen molar-refractivity contribution in [3.63, 3.8) is 0 Å². The predicted octanol–water partition coefficient (Wildman–Crippen LogP) is 2.94. The number of hydrogen-bond acceptors (Lipinski definition) is 5. The minimum absolute atomic E-state index is 0.194. The second-order valence-corrected chi connectivity index (χ2v) is 6.25. The van der Waals surface area contributed by atoms with Gasteiger partial charge in [-0.05, 0) is 48.4 Å². The fourth-order valence-electron chi connectivity index (χ4n) is 2.63. The molecule has 0 fully saturated rings. The van der Waals surface area contributed by atoms with Crippen LogP contribution in [0.25, 0.3) is 0 Å². The van der Waals surface area contributed by atoms with Gasteiger partial charge in [-0.15, -0.1) is 0 Å². The lowest BCUT2D eigenvalue weighted by Crippen LogP contribution is -2.32. The van der Waals surface area contributed by atoms with Gasteiger partial charge in [0, 0.05) is 10.7 Å². The molecule has 0 saturated carbocycles. The topological polar surface area (TPSA) is 88.4 Å². The number of hydrogen-bond donors (Lipinski definition) is 1. The second kappa shape index (κ2) is 7.89. The lowest BCUT2D eigenvalue weighted by molar-refractivity contribution is -0.152. The van der Waals surface area contributed by atoms with E-state index in [1.807, 2.05) is 6.07 Å². The smallest absolute Gasteiger partial charge is 0.313 e. The van der Waals surface area contributed by atoms with Crippen molar-refractivity contribution in [2.45, 2.75) is 6.42 Å². The molecule has 0 aromatic heterocycles. The van der Waals surface area contributed by atoms with Crippen molar-refractivity contribution < 1.29 is 19.1 Å². The van der Waals surface area contributed by atoms with Crippen molar-refractivity contribution in [1.29, 1.82) is 5.26 Å². The molecule has 6 nitrogen and oxygen atoms in total. The van der Waals surface area contributed by atoms with Gasteiger partial charge in [0.1, 0.15) is 12.4 Å². The van der Waals surface area contributed by atoms with Crippen LogP contribution in [-0.4, -0.2) is 25.1 Å². The van der Waals surface area contributed by atoms with Crippen LogP contribution in [0.2, 0.25) is 5.02 Å². The first-order valence-electron chi connectivity index (χ1n) is 7.93. The van der Waals surface area contributed by atoms with Crippen molar-refractivity contribution in [1.82, 2.24) is 0 Å². The van der Waals surface area contributed by atoms with Gasteiger partial charge in [-0.25, -0.2) is 0 Å². The van der Waals surface area contributed by atoms with Crippen molar-refractivity contribution in [3.8, 4) is 11.8 Å². The Labute approximate surface area is 155 Å². The summed E-state index contributed by atoms with van der Waals surface area (Å²) in [7, 11) is 0. The van der Waals surface area contributed by atoms with Crippen LogP contribution in [0.1, 0.15) is 11.1 Å². The number of halogens is 1. The van der Waals surface area contributed by atoms with Crippen molar-refractivity contribution in [3.05, 3.63) is 58.6 Å². The Morgan fingerprint density at radius 3 is 2.96 bits per heavy atom. The maximum atomic E-state index is 12.2. The summed E-state index contributed by atoms with van der Waals surface area (Å²) in [4.78, 5) is 24.1. The standard InChI is InChI=1S/C19H15ClN2O4/c20-15-4-5-17-13(8-15)7-14(10-25-17)19(24)26-11-18(23)22-16-3-1-2-12(6-16)9-21/h1-6,8,14H,7,10-11H2,(H,22,23)/t14-/m0/s1. The van der Waals surface area contributed by atoms with Gasteiger partial charge in [0.2, 0.25) is 0 Å². The van der Waals surface area contributed by atoms with E-state index in [4.69, 9.17) is 26.3 Å². The van der Waals surface area contributed by atoms with Crippen LogP contribution in [0.15, 0.2) is 42.5 Å². The third kappa shape index (κ3) is 4.32. The molecule has 0 aliphatic carbocycles. The molecule has 0 radical (unpaired) electrons. The number of amides is 1. The Kier molecular flexibility index (Phi) is 5.40. The van der Waals surface area contributed by atoms with Gasteiger partial charge in [-0.3, -0.25) is 9.59 Å². The van der Waals surface area contributed by atoms with Gasteiger partial charge in [0.25, 0.3) is 5.91 Å². The van der Waals surface area contributed by atoms with Crippen LogP contribution >= 0.6 is 11.6 Å². The summed E-state index contributed by atoms with van der Waals surface area (Å²) in [5, 5.41) is 12.0. The number of rotatable bonds is 4. The summed E-state index contributed by atoms with van der Waals surface area (Å²) in [5.41, 5.74) is 1.73. The molecule has 1 atom stereocenters. The minimum Gasteiger partial charge on any atom is -0.492 e. The molecule has 1 aliphatic heterocycles. The average molecular weight is 371 g/mol. The monoisotopic (exact) mass is 370 g/mol. The van der Waals surface area contributed by atoms with Crippen LogP contribution in [0.3, 0.4) is 0 Å². The maximum absolute atomic E-state index is 12.2. The number of anilines is 1. The van der Waals surface area contributed by atoms with Crippen molar-refractivity contribution in [2.75, 3.05) is 18.5 Å². The molecule has 1 amide bonds. The third-order valence-electron chi connectivity index (χ3n) is 3.88. The molecule has 0 spiro atoms. The summed E-state index contributed by atoms with van der Waals surface area (Å²) in [6, 6.07) is 13.7. The molecule has 0 bridgehead atoms. The Bertz CT molecular complexity index is 891. The van der Waals surface area contributed by atoms with Gasteiger partial charge in [-0.2, -0.15) is 5.26 Å². The zero-order valence-electron chi connectivity index (χ0n) is 13.7. The average Bonchev–Trinajstić information content (AvgIpc) is 2.65. The van der Waals surface area contributed by atoms with Crippen molar-refractivity contribution in [2.24, 2.45) is 5.92 Å². The highest BCUT2D eigenvalue weighted by atomic mass is 35.5. The van der Waals surface area contributed by atoms with E-state index in [9.17, 15) is 9.59 Å².